The van der Waals surface area contributed by atoms with Crippen molar-refractivity contribution in [2.45, 2.75) is 0 Å². The third kappa shape index (κ3) is 3.54. The van der Waals surface area contributed by atoms with Gasteiger partial charge >= 0.3 is 0 Å². The molecule has 0 amide bonds. The van der Waals surface area contributed by atoms with E-state index < -0.39 is 0 Å². The van der Waals surface area contributed by atoms with Gasteiger partial charge < -0.3 is 4.74 Å². The summed E-state index contributed by atoms with van der Waals surface area (Å²) in [5.41, 5.74) is 0.619. The van der Waals surface area contributed by atoms with Crippen LogP contribution in [0.3, 0.4) is 0 Å². The van der Waals surface area contributed by atoms with E-state index in [0.717, 1.165) is 0 Å². The number of halogens is 2. The average Bonchev–Trinajstić information content (AvgIpc) is 2.35. The molecule has 0 bridgehead atoms. The van der Waals surface area contributed by atoms with E-state index in [0.29, 0.717) is 20.8 Å². The number of benzene rings is 1. The van der Waals surface area contributed by atoms with Crippen LogP contribution in [0.5, 0.6) is 5.75 Å². The van der Waals surface area contributed by atoms with Gasteiger partial charge in [-0.15, -0.1) is 6.42 Å². The summed E-state index contributed by atoms with van der Waals surface area (Å²) < 4.78 is 5.87. The van der Waals surface area contributed by atoms with Crippen molar-refractivity contribution in [3.05, 3.63) is 32.8 Å². The van der Waals surface area contributed by atoms with Crippen LogP contribution in [0.15, 0.2) is 22.2 Å². The van der Waals surface area contributed by atoms with Crippen LogP contribution in [-0.2, 0) is 0 Å². The van der Waals surface area contributed by atoms with E-state index in [1.165, 1.54) is 6.08 Å². The summed E-state index contributed by atoms with van der Waals surface area (Å²) in [5, 5.41) is 17.7. The summed E-state index contributed by atoms with van der Waals surface area (Å²) in [6, 6.07) is 6.82. The van der Waals surface area contributed by atoms with Crippen LogP contribution in [0.1, 0.15) is 5.56 Å². The lowest BCUT2D eigenvalue weighted by atomic mass is 10.1. The number of nitriles is 2. The minimum atomic E-state index is -0.00439. The normalized spacial score (nSPS) is 8.61. The Bertz CT molecular complexity index is 578. The second kappa shape index (κ2) is 6.72. The largest absolute Gasteiger partial charge is 0.478 e. The molecule has 1 aromatic carbocycles. The Kier molecular flexibility index (Phi) is 5.28. The minimum Gasteiger partial charge on any atom is -0.478 e. The summed E-state index contributed by atoms with van der Waals surface area (Å²) in [6.07, 6.45) is 6.53. The van der Waals surface area contributed by atoms with Crippen molar-refractivity contribution in [2.24, 2.45) is 0 Å². The molecule has 0 aliphatic heterocycles. The summed E-state index contributed by atoms with van der Waals surface area (Å²) in [7, 11) is 0. The molecule has 0 N–H and O–H groups in total. The lowest BCUT2D eigenvalue weighted by Gasteiger charge is -2.08. The Labute approximate surface area is 118 Å². The topological polar surface area (TPSA) is 56.8 Å². The van der Waals surface area contributed by atoms with Gasteiger partial charge in [0.05, 0.1) is 9.50 Å². The van der Waals surface area contributed by atoms with Gasteiger partial charge in [-0.05, 0) is 39.7 Å². The molecular weight excluding hydrogens is 316 g/mol. The van der Waals surface area contributed by atoms with Crippen LogP contribution in [-0.4, -0.2) is 6.61 Å². The summed E-state index contributed by atoms with van der Waals surface area (Å²) >= 11 is 9.31. The fourth-order valence-corrected chi connectivity index (χ4v) is 2.16. The third-order valence-electron chi connectivity index (χ3n) is 1.87. The molecular formula is C13H6BrClN2O. The van der Waals surface area contributed by atoms with Crippen molar-refractivity contribution in [3.63, 3.8) is 0 Å². The number of ether oxygens (including phenoxy) is 1. The lowest BCUT2D eigenvalue weighted by Crippen LogP contribution is -1.95. The maximum Gasteiger partial charge on any atom is 0.153 e. The molecule has 0 aliphatic carbocycles. The third-order valence-corrected chi connectivity index (χ3v) is 2.74. The second-order valence-corrected chi connectivity index (χ2v) is 4.35. The Morgan fingerprint density at radius 1 is 1.44 bits per heavy atom. The van der Waals surface area contributed by atoms with Crippen LogP contribution >= 0.6 is 27.5 Å². The fourth-order valence-electron chi connectivity index (χ4n) is 1.17. The zero-order valence-corrected chi connectivity index (χ0v) is 11.4. The number of terminal acetylenes is 1. The number of hydrogen-bond acceptors (Lipinski definition) is 3. The standard InChI is InChI=1S/C13H6BrClN2O/c1-2-3-18-13-11(14)5-9(6-12(13)15)4-10(7-16)8-17/h1,4-6H,3H2. The van der Waals surface area contributed by atoms with Crippen LogP contribution in [0.4, 0.5) is 0 Å². The Morgan fingerprint density at radius 3 is 2.61 bits per heavy atom. The molecule has 0 spiro atoms. The van der Waals surface area contributed by atoms with Crippen molar-refractivity contribution in [1.82, 2.24) is 0 Å². The molecule has 0 atom stereocenters. The molecule has 5 heteroatoms. The minimum absolute atomic E-state index is 0.00439. The highest BCUT2D eigenvalue weighted by Crippen LogP contribution is 2.35. The molecule has 0 saturated carbocycles. The molecule has 0 fully saturated rings. The van der Waals surface area contributed by atoms with Crippen LogP contribution < -0.4 is 4.74 Å². The first-order chi connectivity index (χ1) is 8.62. The maximum atomic E-state index is 8.66. The SMILES string of the molecule is C#CCOc1c(Cl)cc(C=C(C#N)C#N)cc1Br. The average molecular weight is 322 g/mol. The number of nitrogens with zero attached hydrogens (tertiary/aromatic N) is 2. The van der Waals surface area contributed by atoms with E-state index in [1.54, 1.807) is 24.3 Å². The zero-order chi connectivity index (χ0) is 13.5. The molecule has 0 aliphatic rings. The van der Waals surface area contributed by atoms with Crippen LogP contribution in [0.2, 0.25) is 5.02 Å². The Morgan fingerprint density at radius 2 is 2.11 bits per heavy atom. The van der Waals surface area contributed by atoms with Crippen molar-refractivity contribution in [1.29, 1.82) is 10.5 Å². The molecule has 0 radical (unpaired) electrons. The van der Waals surface area contributed by atoms with Gasteiger partial charge in [0.1, 0.15) is 24.3 Å². The zero-order valence-electron chi connectivity index (χ0n) is 9.08. The molecule has 0 aromatic heterocycles. The molecule has 18 heavy (non-hydrogen) atoms. The van der Waals surface area contributed by atoms with E-state index in [-0.39, 0.29) is 12.2 Å². The van der Waals surface area contributed by atoms with Crippen LogP contribution in [0.25, 0.3) is 6.08 Å². The monoisotopic (exact) mass is 320 g/mol. The Hall–Kier alpha value is -1.93. The summed E-state index contributed by atoms with van der Waals surface area (Å²) in [4.78, 5) is 0. The van der Waals surface area contributed by atoms with Crippen molar-refractivity contribution in [2.75, 3.05) is 6.61 Å². The predicted octanol–water partition coefficient (Wildman–Crippen LogP) is 3.55. The first-order valence-electron chi connectivity index (χ1n) is 4.69. The lowest BCUT2D eigenvalue weighted by molar-refractivity contribution is 0.368. The van der Waals surface area contributed by atoms with Gasteiger partial charge in [-0.2, -0.15) is 10.5 Å². The summed E-state index contributed by atoms with van der Waals surface area (Å²) in [5.74, 6) is 2.77. The predicted molar refractivity (Wildman–Crippen MR) is 72.7 cm³/mol. The number of allylic oxidation sites excluding steroid dienone is 1. The number of rotatable bonds is 3. The summed E-state index contributed by atoms with van der Waals surface area (Å²) in [6.45, 7) is 0.106. The van der Waals surface area contributed by atoms with Crippen molar-refractivity contribution < 1.29 is 4.74 Å². The second-order valence-electron chi connectivity index (χ2n) is 3.09. The molecule has 0 saturated heterocycles. The van der Waals surface area contributed by atoms with Gasteiger partial charge in [0.15, 0.2) is 5.75 Å². The highest BCUT2D eigenvalue weighted by molar-refractivity contribution is 9.10. The maximum absolute atomic E-state index is 8.66. The van der Waals surface area contributed by atoms with E-state index >= 15 is 0 Å². The van der Waals surface area contributed by atoms with E-state index in [1.807, 2.05) is 0 Å². The van der Waals surface area contributed by atoms with Crippen molar-refractivity contribution >= 4 is 33.6 Å². The Balaban J connectivity index is 3.17. The molecule has 3 nitrogen and oxygen atoms in total. The van der Waals surface area contributed by atoms with Gasteiger partial charge in [0, 0.05) is 0 Å². The number of hydrogen-bond donors (Lipinski definition) is 0. The quantitative estimate of drug-likeness (QED) is 0.632. The first-order valence-corrected chi connectivity index (χ1v) is 5.86. The van der Waals surface area contributed by atoms with Crippen molar-refractivity contribution in [3.8, 4) is 30.2 Å². The fraction of sp³-hybridized carbons (Fsp3) is 0.0769. The van der Waals surface area contributed by atoms with Gasteiger partial charge in [-0.25, -0.2) is 0 Å². The molecule has 0 heterocycles. The van der Waals surface area contributed by atoms with Gasteiger partial charge in [-0.3, -0.25) is 0 Å². The molecule has 1 rings (SSSR count). The van der Waals surface area contributed by atoms with Gasteiger partial charge in [0.25, 0.3) is 0 Å². The van der Waals surface area contributed by atoms with E-state index in [9.17, 15) is 0 Å². The highest BCUT2D eigenvalue weighted by atomic mass is 79.9. The van der Waals surface area contributed by atoms with Gasteiger partial charge in [-0.1, -0.05) is 17.5 Å². The van der Waals surface area contributed by atoms with Crippen LogP contribution in [0, 0.1) is 35.0 Å². The van der Waals surface area contributed by atoms with E-state index in [2.05, 4.69) is 21.9 Å². The smallest absolute Gasteiger partial charge is 0.153 e. The highest BCUT2D eigenvalue weighted by Gasteiger charge is 2.08. The van der Waals surface area contributed by atoms with E-state index in [4.69, 9.17) is 33.3 Å². The molecule has 88 valence electrons. The molecule has 1 aromatic rings. The molecule has 0 unspecified atom stereocenters. The van der Waals surface area contributed by atoms with Gasteiger partial charge in [0.2, 0.25) is 0 Å². The first kappa shape index (κ1) is 14.1.